The molecule has 0 bridgehead atoms. The van der Waals surface area contributed by atoms with Gasteiger partial charge in [-0.25, -0.2) is 22.9 Å². The lowest BCUT2D eigenvalue weighted by atomic mass is 10.1. The maximum Gasteiger partial charge on any atom is 0.326 e. The third-order valence-corrected chi connectivity index (χ3v) is 3.29. The Morgan fingerprint density at radius 2 is 1.83 bits per heavy atom. The van der Waals surface area contributed by atoms with Crippen LogP contribution >= 0.6 is 11.6 Å². The number of benzene rings is 1. The highest BCUT2D eigenvalue weighted by Gasteiger charge is 2.25. The summed E-state index contributed by atoms with van der Waals surface area (Å²) in [5.41, 5.74) is -0.621. The quantitative estimate of drug-likeness (QED) is 0.805. The van der Waals surface area contributed by atoms with E-state index in [-0.39, 0.29) is 11.6 Å². The van der Waals surface area contributed by atoms with Gasteiger partial charge in [-0.2, -0.15) is 0 Å². The molecule has 1 aromatic heterocycles. The zero-order valence-corrected chi connectivity index (χ0v) is 12.6. The molecule has 0 spiro atoms. The summed E-state index contributed by atoms with van der Waals surface area (Å²) in [6.07, 6.45) is 1.12. The van der Waals surface area contributed by atoms with Gasteiger partial charge in [-0.1, -0.05) is 17.7 Å². The predicted molar refractivity (Wildman–Crippen MR) is 78.2 cm³/mol. The van der Waals surface area contributed by atoms with Crippen molar-refractivity contribution in [2.24, 2.45) is 0 Å². The largest absolute Gasteiger partial charge is 0.480 e. The van der Waals surface area contributed by atoms with Gasteiger partial charge in [-0.3, -0.25) is 4.79 Å². The summed E-state index contributed by atoms with van der Waals surface area (Å²) in [4.78, 5) is 27.0. The van der Waals surface area contributed by atoms with E-state index in [9.17, 15) is 22.8 Å². The van der Waals surface area contributed by atoms with E-state index in [2.05, 4.69) is 4.98 Å². The van der Waals surface area contributed by atoms with Crippen molar-refractivity contribution in [3.63, 3.8) is 0 Å². The van der Waals surface area contributed by atoms with E-state index in [0.29, 0.717) is 17.7 Å². The predicted octanol–water partition coefficient (Wildman–Crippen LogP) is 2.58. The molecule has 2 rings (SSSR count). The molecule has 1 amide bonds. The minimum atomic E-state index is -1.47. The van der Waals surface area contributed by atoms with Crippen LogP contribution in [-0.4, -0.2) is 28.0 Å². The number of carboxylic acids is 1. The first-order valence-corrected chi connectivity index (χ1v) is 6.94. The van der Waals surface area contributed by atoms with Crippen molar-refractivity contribution in [3.8, 4) is 0 Å². The van der Waals surface area contributed by atoms with Crippen LogP contribution < -0.4 is 5.32 Å². The average molecular weight is 359 g/mol. The molecule has 24 heavy (non-hydrogen) atoms. The van der Waals surface area contributed by atoms with Gasteiger partial charge in [0.15, 0.2) is 0 Å². The van der Waals surface area contributed by atoms with Gasteiger partial charge in [-0.05, 0) is 11.6 Å². The van der Waals surface area contributed by atoms with Crippen molar-refractivity contribution in [2.45, 2.75) is 12.5 Å². The van der Waals surface area contributed by atoms with Crippen LogP contribution in [0.1, 0.15) is 15.9 Å². The normalized spacial score (nSPS) is 11.8. The standard InChI is InChI=1S/C15H10ClF3N2O3/c16-12-2-1-7(6-20-12)3-11(15(23)24)21-14(22)13-9(18)4-8(17)5-10(13)19/h1-2,4-6,11H,3H2,(H,21,22)(H,23,24)/t11-/m1/s1. The van der Waals surface area contributed by atoms with Crippen molar-refractivity contribution in [1.82, 2.24) is 10.3 Å². The monoisotopic (exact) mass is 358 g/mol. The summed E-state index contributed by atoms with van der Waals surface area (Å²) < 4.78 is 40.0. The zero-order chi connectivity index (χ0) is 17.9. The maximum atomic E-state index is 13.6. The Morgan fingerprint density at radius 3 is 2.33 bits per heavy atom. The molecule has 1 heterocycles. The average Bonchev–Trinajstić information content (AvgIpc) is 2.47. The van der Waals surface area contributed by atoms with Gasteiger partial charge < -0.3 is 10.4 Å². The summed E-state index contributed by atoms with van der Waals surface area (Å²) in [5.74, 6) is -6.77. The van der Waals surface area contributed by atoms with Crippen molar-refractivity contribution in [1.29, 1.82) is 0 Å². The summed E-state index contributed by atoms with van der Waals surface area (Å²) in [6.45, 7) is 0. The summed E-state index contributed by atoms with van der Waals surface area (Å²) >= 11 is 5.61. The number of nitrogens with one attached hydrogen (secondary N) is 1. The Bertz CT molecular complexity index is 761. The molecule has 9 heteroatoms. The molecule has 0 saturated heterocycles. The van der Waals surface area contributed by atoms with Gasteiger partial charge in [0.2, 0.25) is 0 Å². The molecule has 0 fully saturated rings. The van der Waals surface area contributed by atoms with Gasteiger partial charge in [0.25, 0.3) is 5.91 Å². The topological polar surface area (TPSA) is 79.3 Å². The van der Waals surface area contributed by atoms with Crippen LogP contribution in [0.25, 0.3) is 0 Å². The molecule has 2 aromatic rings. The second-order valence-corrected chi connectivity index (χ2v) is 5.19. The molecule has 0 aliphatic rings. The molecule has 0 radical (unpaired) electrons. The number of carbonyl (C=O) groups is 2. The highest BCUT2D eigenvalue weighted by atomic mass is 35.5. The van der Waals surface area contributed by atoms with Crippen LogP contribution in [0.15, 0.2) is 30.5 Å². The number of aromatic nitrogens is 1. The fraction of sp³-hybridized carbons (Fsp3) is 0.133. The third-order valence-electron chi connectivity index (χ3n) is 3.07. The number of carboxylic acid groups (broad SMARTS) is 1. The number of carbonyl (C=O) groups excluding carboxylic acids is 1. The first kappa shape index (κ1) is 17.7. The summed E-state index contributed by atoms with van der Waals surface area (Å²) in [5, 5.41) is 11.4. The number of amides is 1. The number of pyridine rings is 1. The minimum Gasteiger partial charge on any atom is -0.480 e. The molecule has 0 unspecified atom stereocenters. The first-order valence-electron chi connectivity index (χ1n) is 6.56. The van der Waals surface area contributed by atoms with Crippen LogP contribution in [0.5, 0.6) is 0 Å². The van der Waals surface area contributed by atoms with Crippen molar-refractivity contribution in [2.75, 3.05) is 0 Å². The Hall–Kier alpha value is -2.61. The minimum absolute atomic E-state index is 0.185. The molecular weight excluding hydrogens is 349 g/mol. The van der Waals surface area contributed by atoms with Gasteiger partial charge in [0.1, 0.15) is 34.2 Å². The number of rotatable bonds is 5. The second-order valence-electron chi connectivity index (χ2n) is 4.80. The molecule has 0 aliphatic carbocycles. The molecule has 1 atom stereocenters. The van der Waals surface area contributed by atoms with E-state index in [1.165, 1.54) is 18.3 Å². The van der Waals surface area contributed by atoms with Crippen LogP contribution in [0.2, 0.25) is 5.15 Å². The molecule has 2 N–H and O–H groups in total. The Labute approximate surface area is 139 Å². The number of nitrogens with zero attached hydrogens (tertiary/aromatic N) is 1. The van der Waals surface area contributed by atoms with Crippen LogP contribution in [0.3, 0.4) is 0 Å². The Kier molecular flexibility index (Phi) is 5.40. The van der Waals surface area contributed by atoms with Gasteiger partial charge in [-0.15, -0.1) is 0 Å². The Morgan fingerprint density at radius 1 is 1.21 bits per heavy atom. The van der Waals surface area contributed by atoms with E-state index in [0.717, 1.165) is 0 Å². The van der Waals surface area contributed by atoms with Gasteiger partial charge >= 0.3 is 5.97 Å². The highest BCUT2D eigenvalue weighted by molar-refractivity contribution is 6.29. The van der Waals surface area contributed by atoms with E-state index in [4.69, 9.17) is 16.7 Å². The molecule has 126 valence electrons. The molecule has 5 nitrogen and oxygen atoms in total. The van der Waals surface area contributed by atoms with Gasteiger partial charge in [0, 0.05) is 24.8 Å². The summed E-state index contributed by atoms with van der Waals surface area (Å²) in [7, 11) is 0. The fourth-order valence-corrected chi connectivity index (χ4v) is 2.06. The molecule has 0 aliphatic heterocycles. The fourth-order valence-electron chi connectivity index (χ4n) is 1.95. The van der Waals surface area contributed by atoms with Crippen molar-refractivity contribution in [3.05, 3.63) is 64.2 Å². The first-order chi connectivity index (χ1) is 11.3. The van der Waals surface area contributed by atoms with E-state index in [1.54, 1.807) is 0 Å². The third kappa shape index (κ3) is 4.23. The van der Waals surface area contributed by atoms with Crippen LogP contribution in [0.4, 0.5) is 13.2 Å². The van der Waals surface area contributed by atoms with E-state index in [1.807, 2.05) is 5.32 Å². The summed E-state index contributed by atoms with van der Waals surface area (Å²) in [6, 6.07) is 2.12. The van der Waals surface area contributed by atoms with Crippen LogP contribution in [-0.2, 0) is 11.2 Å². The Balaban J connectivity index is 2.20. The lowest BCUT2D eigenvalue weighted by molar-refractivity contribution is -0.139. The second kappa shape index (κ2) is 7.31. The highest BCUT2D eigenvalue weighted by Crippen LogP contribution is 2.15. The van der Waals surface area contributed by atoms with Crippen LogP contribution in [0, 0.1) is 17.5 Å². The maximum absolute atomic E-state index is 13.6. The van der Waals surface area contributed by atoms with Crippen molar-refractivity contribution >= 4 is 23.5 Å². The van der Waals surface area contributed by atoms with Gasteiger partial charge in [0.05, 0.1) is 0 Å². The van der Waals surface area contributed by atoms with E-state index >= 15 is 0 Å². The van der Waals surface area contributed by atoms with E-state index < -0.39 is 40.9 Å². The van der Waals surface area contributed by atoms with Crippen molar-refractivity contribution < 1.29 is 27.9 Å². The lowest BCUT2D eigenvalue weighted by Crippen LogP contribution is -2.43. The lowest BCUT2D eigenvalue weighted by Gasteiger charge is -2.15. The number of halogens is 4. The number of hydrogen-bond donors (Lipinski definition) is 2. The SMILES string of the molecule is O=C(N[C@H](Cc1ccc(Cl)nc1)C(=O)O)c1c(F)cc(F)cc1F. The number of aliphatic carboxylic acids is 1. The molecular formula is C15H10ClF3N2O3. The number of hydrogen-bond acceptors (Lipinski definition) is 3. The molecule has 0 saturated carbocycles. The zero-order valence-electron chi connectivity index (χ0n) is 11.9. The smallest absolute Gasteiger partial charge is 0.326 e. The molecule has 1 aromatic carbocycles.